The highest BCUT2D eigenvalue weighted by atomic mass is 16.5. The molecule has 0 fully saturated rings. The molecular formula is C21H20N2O4. The van der Waals surface area contributed by atoms with Gasteiger partial charge in [0.15, 0.2) is 5.78 Å². The van der Waals surface area contributed by atoms with E-state index < -0.39 is 6.04 Å². The van der Waals surface area contributed by atoms with Crippen LogP contribution in [0.2, 0.25) is 0 Å². The summed E-state index contributed by atoms with van der Waals surface area (Å²) in [6.45, 7) is 1.17. The fraction of sp³-hybridized carbons (Fsp3) is 0.238. The highest BCUT2D eigenvalue weighted by molar-refractivity contribution is 6.23. The second-order valence-corrected chi connectivity index (χ2v) is 6.46. The molecule has 2 aliphatic rings. The normalized spacial score (nSPS) is 17.9. The number of rotatable bonds is 6. The molecule has 0 radical (unpaired) electrons. The first-order valence-corrected chi connectivity index (χ1v) is 8.86. The van der Waals surface area contributed by atoms with E-state index in [0.717, 1.165) is 17.5 Å². The summed E-state index contributed by atoms with van der Waals surface area (Å²) >= 11 is 0. The van der Waals surface area contributed by atoms with E-state index in [1.165, 1.54) is 0 Å². The van der Waals surface area contributed by atoms with Crippen LogP contribution in [0.1, 0.15) is 33.9 Å². The van der Waals surface area contributed by atoms with Gasteiger partial charge in [0.05, 0.1) is 23.9 Å². The highest BCUT2D eigenvalue weighted by Crippen LogP contribution is 2.40. The zero-order valence-electron chi connectivity index (χ0n) is 15.0. The van der Waals surface area contributed by atoms with Crippen LogP contribution in [0, 0.1) is 0 Å². The van der Waals surface area contributed by atoms with Gasteiger partial charge in [0.2, 0.25) is 0 Å². The summed E-state index contributed by atoms with van der Waals surface area (Å²) in [6.07, 6.45) is 0.786. The van der Waals surface area contributed by atoms with E-state index in [1.54, 1.807) is 13.2 Å². The van der Waals surface area contributed by atoms with E-state index in [2.05, 4.69) is 10.6 Å². The Morgan fingerprint density at radius 3 is 2.63 bits per heavy atom. The Labute approximate surface area is 157 Å². The van der Waals surface area contributed by atoms with Crippen LogP contribution >= 0.6 is 0 Å². The molecule has 0 saturated carbocycles. The van der Waals surface area contributed by atoms with Crippen molar-refractivity contribution in [1.82, 2.24) is 10.6 Å². The Morgan fingerprint density at radius 1 is 1.00 bits per heavy atom. The average Bonchev–Trinajstić information content (AvgIpc) is 2.97. The average molecular weight is 364 g/mol. The monoisotopic (exact) mass is 364 g/mol. The number of carbonyl (C=O) groups is 2. The van der Waals surface area contributed by atoms with Gasteiger partial charge in [-0.2, -0.15) is 0 Å². The van der Waals surface area contributed by atoms with Crippen LogP contribution in [0.15, 0.2) is 54.1 Å². The summed E-state index contributed by atoms with van der Waals surface area (Å²) < 4.78 is 10.8. The van der Waals surface area contributed by atoms with Crippen LogP contribution in [0.25, 0.3) is 5.70 Å². The summed E-state index contributed by atoms with van der Waals surface area (Å²) in [4.78, 5) is 25.2. The van der Waals surface area contributed by atoms with Gasteiger partial charge in [-0.25, -0.2) is 4.79 Å². The first-order valence-electron chi connectivity index (χ1n) is 8.86. The maximum Gasteiger partial charge on any atom is 0.320 e. The lowest BCUT2D eigenvalue weighted by atomic mass is 9.94. The van der Waals surface area contributed by atoms with Gasteiger partial charge in [0.1, 0.15) is 5.75 Å². The van der Waals surface area contributed by atoms with Crippen LogP contribution in [0.4, 0.5) is 4.79 Å². The first-order chi connectivity index (χ1) is 13.2. The molecule has 0 saturated heterocycles. The molecule has 0 unspecified atom stereocenters. The second kappa shape index (κ2) is 7.25. The molecule has 6 nitrogen and oxygen atoms in total. The van der Waals surface area contributed by atoms with Crippen molar-refractivity contribution in [2.45, 2.75) is 12.5 Å². The number of nitrogens with one attached hydrogen (secondary N) is 2. The number of ether oxygens (including phenoxy) is 2. The summed E-state index contributed by atoms with van der Waals surface area (Å²) in [5.41, 5.74) is 3.35. The molecule has 0 bridgehead atoms. The number of methoxy groups -OCH3 is 1. The van der Waals surface area contributed by atoms with Crippen molar-refractivity contribution >= 4 is 17.5 Å². The number of amides is 2. The van der Waals surface area contributed by atoms with E-state index in [4.69, 9.17) is 9.47 Å². The van der Waals surface area contributed by atoms with Crippen molar-refractivity contribution in [2.24, 2.45) is 0 Å². The smallest absolute Gasteiger partial charge is 0.320 e. The molecule has 138 valence electrons. The lowest BCUT2D eigenvalue weighted by Crippen LogP contribution is -2.43. The van der Waals surface area contributed by atoms with Gasteiger partial charge in [-0.05, 0) is 17.7 Å². The predicted molar refractivity (Wildman–Crippen MR) is 101 cm³/mol. The third-order valence-corrected chi connectivity index (χ3v) is 4.71. The Balaban J connectivity index is 1.65. The fourth-order valence-corrected chi connectivity index (χ4v) is 3.49. The minimum Gasteiger partial charge on any atom is -0.493 e. The van der Waals surface area contributed by atoms with Gasteiger partial charge in [-0.15, -0.1) is 0 Å². The molecule has 4 rings (SSSR count). The van der Waals surface area contributed by atoms with Gasteiger partial charge in [-0.3, -0.25) is 4.79 Å². The minimum atomic E-state index is -0.517. The molecule has 0 aromatic heterocycles. The van der Waals surface area contributed by atoms with E-state index in [-0.39, 0.29) is 11.8 Å². The van der Waals surface area contributed by atoms with Crippen molar-refractivity contribution in [3.63, 3.8) is 0 Å². The zero-order chi connectivity index (χ0) is 18.8. The van der Waals surface area contributed by atoms with Crippen LogP contribution in [0.3, 0.4) is 0 Å². The van der Waals surface area contributed by atoms with Crippen molar-refractivity contribution in [1.29, 1.82) is 0 Å². The van der Waals surface area contributed by atoms with Gasteiger partial charge >= 0.3 is 6.03 Å². The van der Waals surface area contributed by atoms with Crippen LogP contribution in [-0.2, 0) is 4.74 Å². The van der Waals surface area contributed by atoms with E-state index >= 15 is 0 Å². The fourth-order valence-electron chi connectivity index (χ4n) is 3.49. The molecule has 0 spiro atoms. The van der Waals surface area contributed by atoms with E-state index in [1.807, 2.05) is 42.5 Å². The van der Waals surface area contributed by atoms with Crippen molar-refractivity contribution in [3.8, 4) is 5.75 Å². The van der Waals surface area contributed by atoms with Crippen LogP contribution in [0.5, 0.6) is 5.75 Å². The number of Topliss-reactive ketones (excluding diaryl/α,β-unsaturated/α-hetero) is 1. The molecule has 27 heavy (non-hydrogen) atoms. The van der Waals surface area contributed by atoms with Crippen molar-refractivity contribution < 1.29 is 19.1 Å². The molecule has 1 aliphatic heterocycles. The minimum absolute atomic E-state index is 0.0653. The number of urea groups is 1. The van der Waals surface area contributed by atoms with E-state index in [9.17, 15) is 9.59 Å². The number of hydrogen-bond acceptors (Lipinski definition) is 4. The Hall–Kier alpha value is -3.12. The van der Waals surface area contributed by atoms with E-state index in [0.29, 0.717) is 35.8 Å². The lowest BCUT2D eigenvalue weighted by Gasteiger charge is -2.26. The molecule has 1 aliphatic carbocycles. The molecule has 2 amide bonds. The SMILES string of the molecule is COCCCOc1cccc([C@H]2NC(=O)NC3=C2C(=O)c2ccccc23)c1. The molecule has 6 heteroatoms. The molecule has 1 heterocycles. The zero-order valence-corrected chi connectivity index (χ0v) is 15.0. The topological polar surface area (TPSA) is 76.7 Å². The predicted octanol–water partition coefficient (Wildman–Crippen LogP) is 3.06. The van der Waals surface area contributed by atoms with Gasteiger partial charge in [-0.1, -0.05) is 36.4 Å². The van der Waals surface area contributed by atoms with Gasteiger partial charge < -0.3 is 20.1 Å². The van der Waals surface area contributed by atoms with Gasteiger partial charge in [0, 0.05) is 31.3 Å². The molecular weight excluding hydrogens is 344 g/mol. The third-order valence-electron chi connectivity index (χ3n) is 4.71. The number of hydrogen-bond donors (Lipinski definition) is 2. The molecule has 2 aromatic carbocycles. The quantitative estimate of drug-likeness (QED) is 0.773. The summed E-state index contributed by atoms with van der Waals surface area (Å²) in [5, 5.41) is 5.66. The first kappa shape index (κ1) is 17.3. The summed E-state index contributed by atoms with van der Waals surface area (Å²) in [6, 6.07) is 14.0. The largest absolute Gasteiger partial charge is 0.493 e. The highest BCUT2D eigenvalue weighted by Gasteiger charge is 2.39. The standard InChI is InChI=1S/C21H20N2O4/c1-26-10-5-11-27-14-7-4-6-13(12-14)18-17-19(23-21(25)22-18)15-8-2-3-9-16(15)20(17)24/h2-4,6-9,12,18H,5,10-11H2,1H3,(H2,22,23,25)/t18-/m1/s1. The number of benzene rings is 2. The summed E-state index contributed by atoms with van der Waals surface area (Å²) in [7, 11) is 1.66. The summed E-state index contributed by atoms with van der Waals surface area (Å²) in [5.74, 6) is 0.631. The molecule has 2 N–H and O–H groups in total. The van der Waals surface area contributed by atoms with Crippen molar-refractivity contribution in [2.75, 3.05) is 20.3 Å². The number of carbonyl (C=O) groups excluding carboxylic acids is 2. The number of fused-ring (bicyclic) bond motifs is 2. The Morgan fingerprint density at radius 2 is 1.81 bits per heavy atom. The maximum atomic E-state index is 13.0. The van der Waals surface area contributed by atoms with Crippen LogP contribution in [-0.4, -0.2) is 32.1 Å². The number of ketones is 1. The maximum absolute atomic E-state index is 13.0. The molecule has 1 atom stereocenters. The Bertz CT molecular complexity index is 935. The lowest BCUT2D eigenvalue weighted by molar-refractivity contribution is 0.103. The van der Waals surface area contributed by atoms with Gasteiger partial charge in [0.25, 0.3) is 0 Å². The Kier molecular flexibility index (Phi) is 4.64. The van der Waals surface area contributed by atoms with Crippen LogP contribution < -0.4 is 15.4 Å². The third kappa shape index (κ3) is 3.19. The molecule has 2 aromatic rings. The second-order valence-electron chi connectivity index (χ2n) is 6.46. The van der Waals surface area contributed by atoms with Crippen molar-refractivity contribution in [3.05, 3.63) is 70.8 Å².